The smallest absolute Gasteiger partial charge is 0.131 e. The van der Waals surface area contributed by atoms with Gasteiger partial charge in [-0.1, -0.05) is 107 Å². The lowest BCUT2D eigenvalue weighted by atomic mass is 9.80. The van der Waals surface area contributed by atoms with Crippen LogP contribution in [0.5, 0.6) is 0 Å². The molecule has 4 aliphatic heterocycles. The highest BCUT2D eigenvalue weighted by Gasteiger charge is 2.47. The van der Waals surface area contributed by atoms with Crippen molar-refractivity contribution in [1.29, 1.82) is 0 Å². The van der Waals surface area contributed by atoms with Crippen LogP contribution in [0.1, 0.15) is 227 Å². The zero-order valence-corrected chi connectivity index (χ0v) is 51.2. The number of aryl methyl sites for hydroxylation is 4. The first-order valence-electron chi connectivity index (χ1n) is 32.7. The summed E-state index contributed by atoms with van der Waals surface area (Å²) in [5, 5.41) is 14.9. The van der Waals surface area contributed by atoms with Gasteiger partial charge < -0.3 is 24.8 Å². The molecule has 2 saturated heterocycles. The Morgan fingerprint density at radius 1 is 0.667 bits per heavy atom. The fourth-order valence-electron chi connectivity index (χ4n) is 14.1. The maximum atomic E-state index is 11.4. The number of hydrogen-bond donors (Lipinski definition) is 2. The Kier molecular flexibility index (Phi) is 18.4. The Balaban J connectivity index is 0.000000170. The van der Waals surface area contributed by atoms with Crippen LogP contribution in [0.3, 0.4) is 0 Å². The molecule has 2 aromatic heterocycles. The topological polar surface area (TPSA) is 86.2 Å². The molecule has 2 N–H and O–H groups in total. The highest BCUT2D eigenvalue weighted by Crippen LogP contribution is 2.54. The molecule has 4 aliphatic carbocycles. The van der Waals surface area contributed by atoms with Gasteiger partial charge in [0.15, 0.2) is 0 Å². The highest BCUT2D eigenvalue weighted by atomic mass is 16.5. The van der Waals surface area contributed by atoms with Gasteiger partial charge >= 0.3 is 0 Å². The molecular formula is C72H102N6O3. The molecule has 81 heavy (non-hydrogen) atoms. The molecule has 6 fully saturated rings. The van der Waals surface area contributed by atoms with Crippen molar-refractivity contribution in [3.63, 3.8) is 0 Å². The van der Waals surface area contributed by atoms with Crippen LogP contribution < -0.4 is 10.2 Å². The summed E-state index contributed by atoms with van der Waals surface area (Å²) < 4.78 is 13.2. The quantitative estimate of drug-likeness (QED) is 0.0526. The van der Waals surface area contributed by atoms with E-state index >= 15 is 0 Å². The Hall–Kier alpha value is -4.70. The summed E-state index contributed by atoms with van der Waals surface area (Å²) in [6.45, 7) is 21.1. The van der Waals surface area contributed by atoms with Gasteiger partial charge in [0.2, 0.25) is 0 Å². The number of fused-ring (bicyclic) bond motifs is 2. The van der Waals surface area contributed by atoms with Crippen LogP contribution in [0, 0.1) is 11.8 Å². The molecule has 4 saturated carbocycles. The number of rotatable bonds is 24. The molecule has 0 bridgehead atoms. The lowest BCUT2D eigenvalue weighted by Gasteiger charge is -2.47. The van der Waals surface area contributed by atoms with Crippen molar-refractivity contribution in [2.45, 2.75) is 230 Å². The second-order valence-corrected chi connectivity index (χ2v) is 28.1. The Labute approximate surface area is 489 Å². The Morgan fingerprint density at radius 3 is 1.89 bits per heavy atom. The molecule has 4 aromatic rings. The predicted octanol–water partition coefficient (Wildman–Crippen LogP) is 16.2. The minimum Gasteiger partial charge on any atom is -0.510 e. The third-order valence-electron chi connectivity index (χ3n) is 20.0. The first kappa shape index (κ1) is 58.1. The summed E-state index contributed by atoms with van der Waals surface area (Å²) in [6, 6.07) is 27.5. The maximum Gasteiger partial charge on any atom is 0.131 e. The number of allylic oxidation sites excluding steroid dienone is 2. The van der Waals surface area contributed by atoms with E-state index in [1.54, 1.807) is 0 Å². The summed E-state index contributed by atoms with van der Waals surface area (Å²) in [7, 11) is 2.18. The van der Waals surface area contributed by atoms with E-state index in [0.29, 0.717) is 22.7 Å². The molecule has 3 unspecified atom stereocenters. The van der Waals surface area contributed by atoms with Gasteiger partial charge in [-0.05, 0) is 229 Å². The Morgan fingerprint density at radius 2 is 1.26 bits per heavy atom. The minimum atomic E-state index is -0.208. The molecule has 12 rings (SSSR count). The van der Waals surface area contributed by atoms with Gasteiger partial charge in [0, 0.05) is 64.3 Å². The maximum absolute atomic E-state index is 11.4. The first-order valence-corrected chi connectivity index (χ1v) is 32.7. The summed E-state index contributed by atoms with van der Waals surface area (Å²) in [5.74, 6) is 5.77. The largest absolute Gasteiger partial charge is 0.510 e. The van der Waals surface area contributed by atoms with Gasteiger partial charge in [-0.25, -0.2) is 9.97 Å². The summed E-state index contributed by atoms with van der Waals surface area (Å²) >= 11 is 0. The molecular weight excluding hydrogens is 997 g/mol. The van der Waals surface area contributed by atoms with Crippen LogP contribution in [0.15, 0.2) is 95.5 Å². The number of nitrogens with zero attached hydrogens (tertiary/aromatic N) is 5. The van der Waals surface area contributed by atoms with E-state index < -0.39 is 0 Å². The monoisotopic (exact) mass is 1100 g/mol. The van der Waals surface area contributed by atoms with E-state index in [-0.39, 0.29) is 17.7 Å². The number of aromatic nitrogens is 2. The van der Waals surface area contributed by atoms with Gasteiger partial charge in [-0.2, -0.15) is 0 Å². The molecule has 8 aliphatic rings. The number of likely N-dealkylation sites (tertiary alicyclic amines) is 2. The van der Waals surface area contributed by atoms with Crippen molar-refractivity contribution in [3.8, 4) is 0 Å². The highest BCUT2D eigenvalue weighted by molar-refractivity contribution is 5.50. The minimum absolute atomic E-state index is 0.0625. The van der Waals surface area contributed by atoms with Crippen LogP contribution in [0.4, 0.5) is 11.6 Å². The zero-order chi connectivity index (χ0) is 56.1. The standard InChI is InChI=1S/C36H51N3O2.C36H51N3O/c1-35(2,3)41-33(26-12-10-13-26)32(30-16-7-8-17-31(30)36(4)20-21-36)39-24-29(25-39)40-23-9-5-6-15-28-19-18-27-14-11-22-37-34(27)38-28;1-26(11-5-4-6-15-30-19-18-29-14-10-22-38(3)35(29)37-30)23-27-24-39(25-27)33(34(40)28-12-9-13-28)31-16-7-8-17-32(31)36(2)20-21-36/h7-8,16-19,29,32H,5-6,9-15,20-25H2,1-4H3,(H,37,38);7-8,16-19,26-27,33,40H,4-6,9-15,20-25H2,1-3H3. The molecule has 9 heteroatoms. The lowest BCUT2D eigenvalue weighted by molar-refractivity contribution is -0.0835. The van der Waals surface area contributed by atoms with Crippen LogP contribution in [0.25, 0.3) is 0 Å². The van der Waals surface area contributed by atoms with Gasteiger partial charge in [0.1, 0.15) is 28.8 Å². The molecule has 438 valence electrons. The average Bonchev–Trinajstić information content (AvgIpc) is 3.95. The SMILES string of the molecule is CC(C)(C)OC(=C1CCC1)C(c1ccccc1C1(C)CC1)N1CC(OCCCCCc2ccc3c(n2)NCCC3)C1.CC(CCCCCc1ccc2c(n1)N(C)CCC2)CC1CN(C(C(O)=C2CCC2)c2ccccc2C2(C)CC2)C1. The molecule has 0 spiro atoms. The number of anilines is 2. The van der Waals surface area contributed by atoms with Crippen molar-refractivity contribution in [1.82, 2.24) is 19.8 Å². The van der Waals surface area contributed by atoms with Crippen molar-refractivity contribution < 1.29 is 14.6 Å². The second-order valence-electron chi connectivity index (χ2n) is 28.1. The zero-order valence-electron chi connectivity index (χ0n) is 51.2. The number of hydrogen-bond acceptors (Lipinski definition) is 9. The summed E-state index contributed by atoms with van der Waals surface area (Å²) in [4.78, 5) is 17.4. The number of aliphatic hydroxyl groups excluding tert-OH is 1. The summed E-state index contributed by atoms with van der Waals surface area (Å²) in [5.41, 5.74) is 14.3. The number of ether oxygens (including phenoxy) is 2. The average molecular weight is 1100 g/mol. The number of nitrogens with one attached hydrogen (secondary N) is 1. The van der Waals surface area contributed by atoms with E-state index in [0.717, 1.165) is 102 Å². The first-order chi connectivity index (χ1) is 39.2. The molecule has 3 atom stereocenters. The van der Waals surface area contributed by atoms with Gasteiger partial charge in [-0.3, -0.25) is 9.80 Å². The molecule has 0 radical (unpaired) electrons. The molecule has 6 heterocycles. The normalized spacial score (nSPS) is 21.3. The predicted molar refractivity (Wildman–Crippen MR) is 334 cm³/mol. The van der Waals surface area contributed by atoms with Crippen LogP contribution in [-0.4, -0.2) is 89.5 Å². The number of aliphatic hydroxyl groups is 1. The summed E-state index contributed by atoms with van der Waals surface area (Å²) in [6.07, 6.45) is 29.4. The van der Waals surface area contributed by atoms with Crippen molar-refractivity contribution in [2.24, 2.45) is 11.8 Å². The van der Waals surface area contributed by atoms with E-state index in [1.165, 1.54) is 183 Å². The molecule has 0 amide bonds. The molecule has 9 nitrogen and oxygen atoms in total. The molecule has 2 aromatic carbocycles. The van der Waals surface area contributed by atoms with Crippen LogP contribution >= 0.6 is 0 Å². The fraction of sp³-hybridized carbons (Fsp3) is 0.639. The number of unbranched alkanes of at least 4 members (excludes halogenated alkanes) is 4. The van der Waals surface area contributed by atoms with Crippen LogP contribution in [0.2, 0.25) is 0 Å². The van der Waals surface area contributed by atoms with Crippen molar-refractivity contribution in [3.05, 3.63) is 140 Å². The second kappa shape index (κ2) is 25.7. The van der Waals surface area contributed by atoms with E-state index in [9.17, 15) is 5.11 Å². The third kappa shape index (κ3) is 14.3. The Bertz CT molecular complexity index is 2810. The van der Waals surface area contributed by atoms with Gasteiger partial charge in [-0.15, -0.1) is 0 Å². The van der Waals surface area contributed by atoms with Crippen molar-refractivity contribution in [2.75, 3.05) is 63.1 Å². The van der Waals surface area contributed by atoms with E-state index in [4.69, 9.17) is 19.4 Å². The van der Waals surface area contributed by atoms with E-state index in [1.807, 2.05) is 0 Å². The number of pyridine rings is 2. The fourth-order valence-corrected chi connectivity index (χ4v) is 14.1. The van der Waals surface area contributed by atoms with Gasteiger partial charge in [0.05, 0.1) is 18.2 Å². The lowest BCUT2D eigenvalue weighted by Crippen LogP contribution is -2.54. The number of benzene rings is 2. The van der Waals surface area contributed by atoms with Gasteiger partial charge in [0.25, 0.3) is 0 Å². The van der Waals surface area contributed by atoms with E-state index in [2.05, 4.69) is 141 Å². The van der Waals surface area contributed by atoms with Crippen molar-refractivity contribution >= 4 is 11.6 Å². The van der Waals surface area contributed by atoms with Crippen LogP contribution in [-0.2, 0) is 46.0 Å². The third-order valence-corrected chi connectivity index (χ3v) is 20.0.